The van der Waals surface area contributed by atoms with Crippen molar-refractivity contribution in [3.8, 4) is 5.75 Å². The van der Waals surface area contributed by atoms with E-state index in [0.29, 0.717) is 13.2 Å². The van der Waals surface area contributed by atoms with Crippen molar-refractivity contribution in [2.24, 2.45) is 5.92 Å². The number of carbonyl (C=O) groups excluding carboxylic acids is 1. The molecule has 2 N–H and O–H groups in total. The normalized spacial score (nSPS) is 15.9. The number of likely N-dealkylation sites (tertiary alicyclic amines) is 1. The minimum absolute atomic E-state index is 0.147. The van der Waals surface area contributed by atoms with E-state index < -0.39 is 0 Å². The van der Waals surface area contributed by atoms with Crippen molar-refractivity contribution in [2.75, 3.05) is 38.1 Å². The van der Waals surface area contributed by atoms with Crippen LogP contribution < -0.4 is 15.4 Å². The second kappa shape index (κ2) is 10.2. The summed E-state index contributed by atoms with van der Waals surface area (Å²) >= 11 is 0. The van der Waals surface area contributed by atoms with Gasteiger partial charge in [0.25, 0.3) is 0 Å². The number of benzene rings is 1. The largest absolute Gasteiger partial charge is 0.494 e. The van der Waals surface area contributed by atoms with Gasteiger partial charge in [0.05, 0.1) is 6.61 Å². The van der Waals surface area contributed by atoms with Gasteiger partial charge in [-0.15, -0.1) is 0 Å². The summed E-state index contributed by atoms with van der Waals surface area (Å²) in [7, 11) is 0. The molecule has 2 rings (SSSR count). The molecule has 0 aromatic heterocycles. The predicted octanol–water partition coefficient (Wildman–Crippen LogP) is 3.72. The summed E-state index contributed by atoms with van der Waals surface area (Å²) in [4.78, 5) is 14.4. The minimum Gasteiger partial charge on any atom is -0.494 e. The highest BCUT2D eigenvalue weighted by Gasteiger charge is 2.14. The average molecular weight is 333 g/mol. The molecular formula is C19H31N3O2. The van der Waals surface area contributed by atoms with Crippen molar-refractivity contribution < 1.29 is 9.53 Å². The Morgan fingerprint density at radius 1 is 1.21 bits per heavy atom. The van der Waals surface area contributed by atoms with Crippen LogP contribution in [0.3, 0.4) is 0 Å². The van der Waals surface area contributed by atoms with Crippen molar-refractivity contribution in [1.82, 2.24) is 10.2 Å². The van der Waals surface area contributed by atoms with Crippen molar-refractivity contribution in [3.05, 3.63) is 24.3 Å². The highest BCUT2D eigenvalue weighted by Crippen LogP contribution is 2.16. The first-order valence-electron chi connectivity index (χ1n) is 9.17. The summed E-state index contributed by atoms with van der Waals surface area (Å²) in [6.45, 7) is 9.25. The molecule has 5 heteroatoms. The van der Waals surface area contributed by atoms with Crippen LogP contribution in [0.1, 0.15) is 39.5 Å². The number of piperidine rings is 1. The number of nitrogens with one attached hydrogen (secondary N) is 2. The van der Waals surface area contributed by atoms with E-state index in [-0.39, 0.29) is 6.03 Å². The van der Waals surface area contributed by atoms with E-state index in [1.54, 1.807) is 0 Å². The molecule has 0 atom stereocenters. The standard InChI is InChI=1S/C19H31N3O2/c1-3-24-18-8-6-17(7-9-18)21-19(23)20-12-4-5-13-22-14-10-16(2)11-15-22/h6-9,16H,3-5,10-15H2,1-2H3,(H2,20,21,23). The molecule has 0 unspecified atom stereocenters. The maximum atomic E-state index is 11.9. The van der Waals surface area contributed by atoms with Gasteiger partial charge in [0.2, 0.25) is 0 Å². The third-order valence-corrected chi connectivity index (χ3v) is 4.49. The number of hydrogen-bond acceptors (Lipinski definition) is 3. The van der Waals surface area contributed by atoms with Gasteiger partial charge in [0, 0.05) is 12.2 Å². The molecule has 1 aliphatic rings. The van der Waals surface area contributed by atoms with Gasteiger partial charge in [-0.05, 0) is 82.4 Å². The molecule has 1 aromatic rings. The van der Waals surface area contributed by atoms with Crippen molar-refractivity contribution in [2.45, 2.75) is 39.5 Å². The molecule has 24 heavy (non-hydrogen) atoms. The molecule has 0 aliphatic carbocycles. The molecule has 0 radical (unpaired) electrons. The number of hydrogen-bond donors (Lipinski definition) is 2. The zero-order chi connectivity index (χ0) is 17.2. The second-order valence-corrected chi connectivity index (χ2v) is 6.57. The van der Waals surface area contributed by atoms with Gasteiger partial charge in [0.15, 0.2) is 0 Å². The predicted molar refractivity (Wildman–Crippen MR) is 98.7 cm³/mol. The lowest BCUT2D eigenvalue weighted by Crippen LogP contribution is -2.34. The van der Waals surface area contributed by atoms with Crippen LogP contribution in [0.4, 0.5) is 10.5 Å². The number of urea groups is 1. The van der Waals surface area contributed by atoms with E-state index >= 15 is 0 Å². The fourth-order valence-electron chi connectivity index (χ4n) is 2.92. The van der Waals surface area contributed by atoms with E-state index in [2.05, 4.69) is 22.5 Å². The molecular weight excluding hydrogens is 302 g/mol. The highest BCUT2D eigenvalue weighted by atomic mass is 16.5. The molecule has 0 bridgehead atoms. The molecule has 5 nitrogen and oxygen atoms in total. The van der Waals surface area contributed by atoms with Crippen molar-refractivity contribution >= 4 is 11.7 Å². The lowest BCUT2D eigenvalue weighted by Gasteiger charge is -2.30. The molecule has 1 aliphatic heterocycles. The Kier molecular flexibility index (Phi) is 7.89. The van der Waals surface area contributed by atoms with Crippen LogP contribution in [0.15, 0.2) is 24.3 Å². The van der Waals surface area contributed by atoms with Crippen LogP contribution in [0.25, 0.3) is 0 Å². The molecule has 1 saturated heterocycles. The van der Waals surface area contributed by atoms with Gasteiger partial charge in [-0.3, -0.25) is 0 Å². The maximum Gasteiger partial charge on any atom is 0.319 e. The van der Waals surface area contributed by atoms with E-state index in [1.165, 1.54) is 25.9 Å². The van der Waals surface area contributed by atoms with Gasteiger partial charge in [-0.2, -0.15) is 0 Å². The summed E-state index contributed by atoms with van der Waals surface area (Å²) < 4.78 is 5.38. The topological polar surface area (TPSA) is 53.6 Å². The number of anilines is 1. The first-order chi connectivity index (χ1) is 11.7. The van der Waals surface area contributed by atoms with Gasteiger partial charge < -0.3 is 20.3 Å². The van der Waals surface area contributed by atoms with Gasteiger partial charge in [0.1, 0.15) is 5.75 Å². The Labute approximate surface area is 145 Å². The number of carbonyl (C=O) groups is 1. The first-order valence-corrected chi connectivity index (χ1v) is 9.17. The van der Waals surface area contributed by atoms with E-state index in [1.807, 2.05) is 31.2 Å². The minimum atomic E-state index is -0.147. The SMILES string of the molecule is CCOc1ccc(NC(=O)NCCCCN2CCC(C)CC2)cc1. The monoisotopic (exact) mass is 333 g/mol. The Balaban J connectivity index is 1.54. The van der Waals surface area contributed by atoms with E-state index in [0.717, 1.165) is 36.7 Å². The van der Waals surface area contributed by atoms with Gasteiger partial charge >= 0.3 is 6.03 Å². The quantitative estimate of drug-likeness (QED) is 0.713. The fraction of sp³-hybridized carbons (Fsp3) is 0.632. The summed E-state index contributed by atoms with van der Waals surface area (Å²) in [6.07, 6.45) is 4.80. The first kappa shape index (κ1) is 18.6. The van der Waals surface area contributed by atoms with E-state index in [4.69, 9.17) is 4.74 Å². The summed E-state index contributed by atoms with van der Waals surface area (Å²) in [5.41, 5.74) is 0.776. The number of unbranched alkanes of at least 4 members (excludes halogenated alkanes) is 1. The second-order valence-electron chi connectivity index (χ2n) is 6.57. The fourth-order valence-corrected chi connectivity index (χ4v) is 2.92. The van der Waals surface area contributed by atoms with Crippen LogP contribution in [0, 0.1) is 5.92 Å². The smallest absolute Gasteiger partial charge is 0.319 e. The molecule has 1 aromatic carbocycles. The molecule has 134 valence electrons. The maximum absolute atomic E-state index is 11.9. The zero-order valence-corrected chi connectivity index (χ0v) is 15.0. The van der Waals surface area contributed by atoms with Gasteiger partial charge in [-0.1, -0.05) is 6.92 Å². The number of ether oxygens (including phenoxy) is 1. The third-order valence-electron chi connectivity index (χ3n) is 4.49. The summed E-state index contributed by atoms with van der Waals surface area (Å²) in [6, 6.07) is 7.27. The van der Waals surface area contributed by atoms with Crippen LogP contribution in [0.2, 0.25) is 0 Å². The van der Waals surface area contributed by atoms with Crippen LogP contribution in [-0.2, 0) is 0 Å². The number of amides is 2. The van der Waals surface area contributed by atoms with E-state index in [9.17, 15) is 4.79 Å². The average Bonchev–Trinajstić information content (AvgIpc) is 2.58. The number of nitrogens with zero attached hydrogens (tertiary/aromatic N) is 1. The lowest BCUT2D eigenvalue weighted by atomic mass is 9.99. The molecule has 2 amide bonds. The molecule has 0 spiro atoms. The van der Waals surface area contributed by atoms with Crippen LogP contribution in [-0.4, -0.2) is 43.7 Å². The summed E-state index contributed by atoms with van der Waals surface area (Å²) in [5.74, 6) is 1.70. The molecule has 1 heterocycles. The molecule has 0 saturated carbocycles. The summed E-state index contributed by atoms with van der Waals surface area (Å²) in [5, 5.41) is 5.76. The van der Waals surface area contributed by atoms with Gasteiger partial charge in [-0.25, -0.2) is 4.79 Å². The highest BCUT2D eigenvalue weighted by molar-refractivity contribution is 5.89. The Hall–Kier alpha value is -1.75. The zero-order valence-electron chi connectivity index (χ0n) is 15.0. The Bertz CT molecular complexity index is 482. The Morgan fingerprint density at radius 2 is 1.92 bits per heavy atom. The van der Waals surface area contributed by atoms with Crippen LogP contribution >= 0.6 is 0 Å². The lowest BCUT2D eigenvalue weighted by molar-refractivity contribution is 0.189. The third kappa shape index (κ3) is 6.79. The van der Waals surface area contributed by atoms with Crippen LogP contribution in [0.5, 0.6) is 5.75 Å². The van der Waals surface area contributed by atoms with Crippen molar-refractivity contribution in [1.29, 1.82) is 0 Å². The van der Waals surface area contributed by atoms with Crippen molar-refractivity contribution in [3.63, 3.8) is 0 Å². The Morgan fingerprint density at radius 3 is 2.58 bits per heavy atom. The molecule has 1 fully saturated rings. The number of rotatable bonds is 8.